The molecule has 3 saturated heterocycles. The van der Waals surface area contributed by atoms with Crippen LogP contribution in [0.15, 0.2) is 59.9 Å². The molecule has 18 heteroatoms. The van der Waals surface area contributed by atoms with Gasteiger partial charge in [-0.3, -0.25) is 29.8 Å². The third kappa shape index (κ3) is 9.75. The normalized spacial score (nSPS) is 18.4. The third-order valence-electron chi connectivity index (χ3n) is 12.0. The molecule has 3 aliphatic heterocycles. The number of halogens is 1. The minimum absolute atomic E-state index is 0.203. The average Bonchev–Trinajstić information content (AvgIpc) is 3.73. The van der Waals surface area contributed by atoms with Crippen molar-refractivity contribution in [1.82, 2.24) is 44.6 Å². The highest BCUT2D eigenvalue weighted by atomic mass is 79.9. The zero-order chi connectivity index (χ0) is 42.7. The number of carbonyl (C=O) groups is 2. The van der Waals surface area contributed by atoms with Gasteiger partial charge in [-0.05, 0) is 91.7 Å². The van der Waals surface area contributed by atoms with E-state index in [1.54, 1.807) is 45.4 Å². The number of rotatable bonds is 14. The van der Waals surface area contributed by atoms with Gasteiger partial charge in [-0.1, -0.05) is 6.92 Å². The van der Waals surface area contributed by atoms with Gasteiger partial charge >= 0.3 is 0 Å². The molecule has 0 spiro atoms. The van der Waals surface area contributed by atoms with E-state index in [2.05, 4.69) is 90.1 Å². The summed E-state index contributed by atoms with van der Waals surface area (Å²) in [5.74, 6) is 0.825. The highest BCUT2D eigenvalue weighted by molar-refractivity contribution is 9.10. The molecule has 0 saturated carbocycles. The standard InChI is InChI=1S/C43H54BrN12O4P/c1-5-28-23-34(50-43-47-25-31(44)41(52-43)49-33-9-8-32-39(46-14-13-45-32)40(33)61(3,4)59)37(60-2)24-36(28)56-17-11-29(12-18-56)55-21-19-53(20-22-55)15-6-16-54-26-35(48-27-54)30-7-10-38(57)51-42(30)58/h8-9,13-14,23-27,29-30H,5-7,10-12,15-22H2,1-4H3,(H,51,57,58)(H2,47,49,50,52). The predicted octanol–water partition coefficient (Wildman–Crippen LogP) is 5.88. The van der Waals surface area contributed by atoms with Gasteiger partial charge < -0.3 is 34.3 Å². The number of hydrogen-bond donors (Lipinski definition) is 3. The number of benzene rings is 2. The predicted molar refractivity (Wildman–Crippen MR) is 243 cm³/mol. The molecule has 16 nitrogen and oxygen atoms in total. The lowest BCUT2D eigenvalue weighted by Crippen LogP contribution is -2.53. The molecule has 1 atom stereocenters. The molecular formula is C43H54BrN12O4P. The molecule has 6 heterocycles. The Hall–Kier alpha value is -4.96. The molecule has 2 amide bonds. The second kappa shape index (κ2) is 18.6. The first kappa shape index (κ1) is 42.7. The van der Waals surface area contributed by atoms with Gasteiger partial charge in [0.2, 0.25) is 17.8 Å². The molecule has 5 aromatic rings. The average molecular weight is 914 g/mol. The van der Waals surface area contributed by atoms with Gasteiger partial charge in [-0.25, -0.2) is 9.97 Å². The Morgan fingerprint density at radius 1 is 0.934 bits per heavy atom. The van der Waals surface area contributed by atoms with E-state index in [1.165, 1.54) is 11.3 Å². The Labute approximate surface area is 364 Å². The number of fused-ring (bicyclic) bond motifs is 1. The Morgan fingerprint density at radius 2 is 1.72 bits per heavy atom. The Bertz CT molecular complexity index is 2440. The van der Waals surface area contributed by atoms with Crippen molar-refractivity contribution in [2.45, 2.75) is 64.0 Å². The number of piperazine rings is 1. The maximum absolute atomic E-state index is 13.5. The lowest BCUT2D eigenvalue weighted by atomic mass is 9.95. The Kier molecular flexibility index (Phi) is 13.0. The van der Waals surface area contributed by atoms with Crippen molar-refractivity contribution in [3.8, 4) is 5.75 Å². The number of methoxy groups -OCH3 is 1. The molecule has 3 fully saturated rings. The minimum atomic E-state index is -2.77. The molecular weight excluding hydrogens is 859 g/mol. The topological polar surface area (TPSA) is 176 Å². The van der Waals surface area contributed by atoms with Crippen LogP contribution in [0.4, 0.5) is 28.8 Å². The lowest BCUT2D eigenvalue weighted by molar-refractivity contribution is -0.134. The van der Waals surface area contributed by atoms with Crippen molar-refractivity contribution >= 4 is 80.1 Å². The van der Waals surface area contributed by atoms with Crippen LogP contribution in [0.1, 0.15) is 56.2 Å². The van der Waals surface area contributed by atoms with E-state index in [9.17, 15) is 14.2 Å². The fourth-order valence-electron chi connectivity index (χ4n) is 8.85. The van der Waals surface area contributed by atoms with Crippen LogP contribution in [0, 0.1) is 0 Å². The quantitative estimate of drug-likeness (QED) is 0.0890. The van der Waals surface area contributed by atoms with Crippen LogP contribution in [0.5, 0.6) is 5.75 Å². The number of piperidine rings is 2. The van der Waals surface area contributed by atoms with E-state index in [0.29, 0.717) is 62.9 Å². The van der Waals surface area contributed by atoms with Crippen LogP contribution in [0.3, 0.4) is 0 Å². The van der Waals surface area contributed by atoms with E-state index < -0.39 is 7.14 Å². The highest BCUT2D eigenvalue weighted by Gasteiger charge is 2.31. The second-order valence-electron chi connectivity index (χ2n) is 16.4. The molecule has 0 bridgehead atoms. The van der Waals surface area contributed by atoms with Crippen LogP contribution in [-0.4, -0.2) is 123 Å². The lowest BCUT2D eigenvalue weighted by Gasteiger charge is -2.43. The monoisotopic (exact) mass is 912 g/mol. The third-order valence-corrected chi connectivity index (χ3v) is 14.2. The first-order valence-electron chi connectivity index (χ1n) is 21.1. The van der Waals surface area contributed by atoms with Gasteiger partial charge in [-0.2, -0.15) is 4.98 Å². The van der Waals surface area contributed by atoms with E-state index >= 15 is 0 Å². The van der Waals surface area contributed by atoms with Crippen LogP contribution in [-0.2, 0) is 27.1 Å². The largest absolute Gasteiger partial charge is 0.494 e. The molecule has 8 rings (SSSR count). The molecule has 3 N–H and O–H groups in total. The van der Waals surface area contributed by atoms with Crippen molar-refractivity contribution in [2.24, 2.45) is 0 Å². The number of imide groups is 1. The molecule has 0 radical (unpaired) electrons. The Morgan fingerprint density at radius 3 is 2.46 bits per heavy atom. The smallest absolute Gasteiger partial charge is 0.235 e. The van der Waals surface area contributed by atoms with Crippen LogP contribution >= 0.6 is 23.1 Å². The van der Waals surface area contributed by atoms with E-state index in [1.807, 2.05) is 18.3 Å². The number of nitrogens with one attached hydrogen (secondary N) is 3. The molecule has 3 aliphatic rings. The van der Waals surface area contributed by atoms with E-state index in [4.69, 9.17) is 9.72 Å². The summed E-state index contributed by atoms with van der Waals surface area (Å²) >= 11 is 3.60. The van der Waals surface area contributed by atoms with Gasteiger partial charge in [0.05, 0.1) is 51.7 Å². The molecule has 1 unspecified atom stereocenters. The number of amides is 2. The number of aryl methyl sites for hydroxylation is 2. The van der Waals surface area contributed by atoms with Gasteiger partial charge in [0.15, 0.2) is 0 Å². The van der Waals surface area contributed by atoms with Crippen LogP contribution in [0.25, 0.3) is 11.0 Å². The number of anilines is 5. The zero-order valence-corrected chi connectivity index (χ0v) is 37.7. The maximum atomic E-state index is 13.5. The maximum Gasteiger partial charge on any atom is 0.235 e. The van der Waals surface area contributed by atoms with E-state index in [-0.39, 0.29) is 17.7 Å². The van der Waals surface area contributed by atoms with Crippen molar-refractivity contribution in [3.63, 3.8) is 0 Å². The summed E-state index contributed by atoms with van der Waals surface area (Å²) in [7, 11) is -1.08. The van der Waals surface area contributed by atoms with Crippen molar-refractivity contribution in [2.75, 3.05) is 81.8 Å². The summed E-state index contributed by atoms with van der Waals surface area (Å²) in [6.45, 7) is 13.8. The summed E-state index contributed by atoms with van der Waals surface area (Å²) < 4.78 is 22.2. The van der Waals surface area contributed by atoms with Gasteiger partial charge in [0.1, 0.15) is 24.2 Å². The van der Waals surface area contributed by atoms with Crippen molar-refractivity contribution in [3.05, 3.63) is 71.1 Å². The van der Waals surface area contributed by atoms with Crippen LogP contribution < -0.4 is 30.9 Å². The summed E-state index contributed by atoms with van der Waals surface area (Å²) in [4.78, 5) is 54.3. The summed E-state index contributed by atoms with van der Waals surface area (Å²) in [6.07, 6.45) is 13.7. The summed E-state index contributed by atoms with van der Waals surface area (Å²) in [5.41, 5.74) is 5.87. The number of carbonyl (C=O) groups excluding carboxylic acids is 2. The van der Waals surface area contributed by atoms with Crippen LogP contribution in [0.2, 0.25) is 0 Å². The number of imidazole rings is 1. The van der Waals surface area contributed by atoms with E-state index in [0.717, 1.165) is 89.4 Å². The summed E-state index contributed by atoms with van der Waals surface area (Å²) in [5, 5.41) is 9.84. The number of ether oxygens (including phenoxy) is 1. The molecule has 3 aromatic heterocycles. The molecule has 2 aromatic carbocycles. The highest BCUT2D eigenvalue weighted by Crippen LogP contribution is 2.42. The fourth-order valence-corrected chi connectivity index (χ4v) is 10.5. The zero-order valence-electron chi connectivity index (χ0n) is 35.2. The van der Waals surface area contributed by atoms with Gasteiger partial charge in [0.25, 0.3) is 0 Å². The van der Waals surface area contributed by atoms with Gasteiger partial charge in [0, 0.05) is 94.8 Å². The Balaban J connectivity index is 0.850. The first-order chi connectivity index (χ1) is 29.5. The number of hydrogen-bond acceptors (Lipinski definition) is 14. The molecule has 0 aliphatic carbocycles. The number of nitrogens with zero attached hydrogens (tertiary/aromatic N) is 9. The first-order valence-corrected chi connectivity index (χ1v) is 24.5. The number of aromatic nitrogens is 6. The minimum Gasteiger partial charge on any atom is -0.494 e. The molecule has 322 valence electrons. The second-order valence-corrected chi connectivity index (χ2v) is 20.4. The fraction of sp³-hybridized carbons (Fsp3) is 0.465. The summed E-state index contributed by atoms with van der Waals surface area (Å²) in [6, 6.07) is 8.58. The molecule has 61 heavy (non-hydrogen) atoms. The van der Waals surface area contributed by atoms with Gasteiger partial charge in [-0.15, -0.1) is 0 Å². The van der Waals surface area contributed by atoms with Crippen molar-refractivity contribution < 1.29 is 18.9 Å². The SMILES string of the molecule is CCc1cc(Nc2ncc(Br)c(Nc3ccc4nccnc4c3P(C)(C)=O)n2)c(OC)cc1N1CCC(N2CCN(CCCn3cnc(C4CCC(=O)NC4=O)c3)CC2)CC1. The van der Waals surface area contributed by atoms with Crippen molar-refractivity contribution in [1.29, 1.82) is 0 Å².